The van der Waals surface area contributed by atoms with E-state index in [-0.39, 0.29) is 23.7 Å². The van der Waals surface area contributed by atoms with Crippen LogP contribution in [0.25, 0.3) is 6.08 Å². The van der Waals surface area contributed by atoms with Gasteiger partial charge in [-0.05, 0) is 42.4 Å². The Bertz CT molecular complexity index is 1190. The normalized spacial score (nSPS) is 24.2. The highest BCUT2D eigenvalue weighted by Crippen LogP contribution is 2.41. The minimum Gasteiger partial charge on any atom is -0.364 e. The highest BCUT2D eigenvalue weighted by molar-refractivity contribution is 6.04. The lowest BCUT2D eigenvalue weighted by atomic mass is 9.91. The van der Waals surface area contributed by atoms with Gasteiger partial charge in [-0.15, -0.1) is 0 Å². The quantitative estimate of drug-likeness (QED) is 0.632. The fourth-order valence-electron chi connectivity index (χ4n) is 5.34. The molecule has 2 aromatic heterocycles. The molecule has 170 valence electrons. The summed E-state index contributed by atoms with van der Waals surface area (Å²) in [5.74, 6) is -0.0881. The molecule has 0 radical (unpaired) electrons. The fraction of sp³-hybridized carbons (Fsp3) is 0.462. The molecular formula is C26H27FN4O2. The molecule has 3 heterocycles. The molecule has 1 aliphatic heterocycles. The van der Waals surface area contributed by atoms with Gasteiger partial charge in [0.25, 0.3) is 0 Å². The van der Waals surface area contributed by atoms with Gasteiger partial charge in [-0.25, -0.2) is 9.37 Å². The zero-order valence-electron chi connectivity index (χ0n) is 18.8. The van der Waals surface area contributed by atoms with Crippen LogP contribution < -0.4 is 4.90 Å². The maximum absolute atomic E-state index is 14.4. The summed E-state index contributed by atoms with van der Waals surface area (Å²) in [6.45, 7) is 4.16. The van der Waals surface area contributed by atoms with Crippen LogP contribution in [0.15, 0.2) is 30.1 Å². The van der Waals surface area contributed by atoms with Gasteiger partial charge >= 0.3 is 0 Å². The van der Waals surface area contributed by atoms with Crippen molar-refractivity contribution in [3.63, 3.8) is 0 Å². The molecular weight excluding hydrogens is 419 g/mol. The van der Waals surface area contributed by atoms with Crippen molar-refractivity contribution in [2.75, 3.05) is 18.0 Å². The number of hydrogen-bond acceptors (Lipinski definition) is 6. The van der Waals surface area contributed by atoms with Crippen molar-refractivity contribution in [2.24, 2.45) is 5.92 Å². The van der Waals surface area contributed by atoms with Gasteiger partial charge in [0.15, 0.2) is 17.4 Å². The minimum absolute atomic E-state index is 0.0651. The minimum atomic E-state index is -0.535. The highest BCUT2D eigenvalue weighted by atomic mass is 19.1. The van der Waals surface area contributed by atoms with Crippen molar-refractivity contribution in [1.82, 2.24) is 14.9 Å². The second-order valence-electron chi connectivity index (χ2n) is 9.70. The molecule has 33 heavy (non-hydrogen) atoms. The van der Waals surface area contributed by atoms with Crippen molar-refractivity contribution in [3.8, 4) is 0 Å². The zero-order chi connectivity index (χ0) is 22.7. The molecule has 7 heteroatoms. The standard InChI is InChI=1S/C26H27FN4O2/c1-2-24(32)26-20(27)9-18(13-29-26)31-6-5-30(22-11-23(22)31)14-15-7-17-8-25(33)19(16-3-4-16)10-21(17)28-12-15/h7,9-10,12-13,16,22-23H,2-6,8,11,14H2,1H3/t22-,23+/m0/s1. The number of rotatable bonds is 6. The van der Waals surface area contributed by atoms with Crippen molar-refractivity contribution in [3.05, 3.63) is 58.4 Å². The van der Waals surface area contributed by atoms with Gasteiger partial charge < -0.3 is 4.90 Å². The molecule has 0 bridgehead atoms. The summed E-state index contributed by atoms with van der Waals surface area (Å²) in [5.41, 5.74) is 4.78. The van der Waals surface area contributed by atoms with Crippen molar-refractivity contribution in [1.29, 1.82) is 0 Å². The first kappa shape index (κ1) is 20.7. The summed E-state index contributed by atoms with van der Waals surface area (Å²) in [6.07, 6.45) is 9.58. The number of aromatic nitrogens is 2. The molecule has 0 unspecified atom stereocenters. The number of Topliss-reactive ketones (excluding diaryl/α,β-unsaturated/α-hetero) is 2. The Kier molecular flexibility index (Phi) is 4.91. The Morgan fingerprint density at radius 2 is 2.00 bits per heavy atom. The van der Waals surface area contributed by atoms with E-state index in [0.717, 1.165) is 67.0 Å². The maximum atomic E-state index is 14.4. The average Bonchev–Trinajstić information content (AvgIpc) is 3.72. The van der Waals surface area contributed by atoms with Gasteiger partial charge in [0.2, 0.25) is 0 Å². The van der Waals surface area contributed by atoms with E-state index in [2.05, 4.69) is 25.8 Å². The molecule has 3 fully saturated rings. The molecule has 0 spiro atoms. The van der Waals surface area contributed by atoms with Crippen molar-refractivity contribution >= 4 is 23.3 Å². The monoisotopic (exact) mass is 446 g/mol. The van der Waals surface area contributed by atoms with E-state index in [1.165, 1.54) is 6.07 Å². The molecule has 2 saturated carbocycles. The Morgan fingerprint density at radius 1 is 1.15 bits per heavy atom. The number of piperazine rings is 1. The number of pyridine rings is 2. The lowest BCUT2D eigenvalue weighted by Gasteiger charge is -2.35. The fourth-order valence-corrected chi connectivity index (χ4v) is 5.34. The molecule has 1 saturated heterocycles. The predicted octanol–water partition coefficient (Wildman–Crippen LogP) is 3.59. The third-order valence-corrected chi connectivity index (χ3v) is 7.39. The lowest BCUT2D eigenvalue weighted by Crippen LogP contribution is -2.46. The molecule has 2 aromatic rings. The first-order valence-corrected chi connectivity index (χ1v) is 11.9. The molecule has 2 atom stereocenters. The Morgan fingerprint density at radius 3 is 2.76 bits per heavy atom. The maximum Gasteiger partial charge on any atom is 0.183 e. The van der Waals surface area contributed by atoms with E-state index in [9.17, 15) is 14.0 Å². The third kappa shape index (κ3) is 3.78. The molecule has 0 aromatic carbocycles. The van der Waals surface area contributed by atoms with Crippen molar-refractivity contribution < 1.29 is 14.0 Å². The van der Waals surface area contributed by atoms with Gasteiger partial charge in [0.1, 0.15) is 5.69 Å². The number of nitrogens with zero attached hydrogens (tertiary/aromatic N) is 4. The first-order valence-electron chi connectivity index (χ1n) is 11.9. The summed E-state index contributed by atoms with van der Waals surface area (Å²) in [7, 11) is 0. The second kappa shape index (κ2) is 7.83. The summed E-state index contributed by atoms with van der Waals surface area (Å²) in [5, 5.41) is 0. The van der Waals surface area contributed by atoms with Gasteiger partial charge in [0, 0.05) is 62.4 Å². The summed E-state index contributed by atoms with van der Waals surface area (Å²) >= 11 is 0. The largest absolute Gasteiger partial charge is 0.364 e. The van der Waals surface area contributed by atoms with E-state index in [0.29, 0.717) is 24.4 Å². The average molecular weight is 447 g/mol. The van der Waals surface area contributed by atoms with Crippen LogP contribution >= 0.6 is 0 Å². The van der Waals surface area contributed by atoms with Gasteiger partial charge in [-0.2, -0.15) is 0 Å². The highest BCUT2D eigenvalue weighted by Gasteiger charge is 2.49. The summed E-state index contributed by atoms with van der Waals surface area (Å²) in [6, 6.07) is 4.35. The lowest BCUT2D eigenvalue weighted by molar-refractivity contribution is -0.115. The van der Waals surface area contributed by atoms with Crippen LogP contribution in [0.2, 0.25) is 0 Å². The van der Waals surface area contributed by atoms with Gasteiger partial charge in [-0.1, -0.05) is 13.0 Å². The Hall–Kier alpha value is -2.93. The van der Waals surface area contributed by atoms with E-state index >= 15 is 0 Å². The Labute approximate surface area is 192 Å². The number of carbonyl (C=O) groups excluding carboxylic acids is 2. The zero-order valence-corrected chi connectivity index (χ0v) is 18.8. The van der Waals surface area contributed by atoms with Crippen LogP contribution in [0.4, 0.5) is 10.1 Å². The molecule has 6 nitrogen and oxygen atoms in total. The van der Waals surface area contributed by atoms with Crippen LogP contribution in [0.3, 0.4) is 0 Å². The van der Waals surface area contributed by atoms with E-state index in [1.54, 1.807) is 13.1 Å². The smallest absolute Gasteiger partial charge is 0.183 e. The van der Waals surface area contributed by atoms with Gasteiger partial charge in [0.05, 0.1) is 17.6 Å². The van der Waals surface area contributed by atoms with Crippen LogP contribution in [0.5, 0.6) is 0 Å². The second-order valence-corrected chi connectivity index (χ2v) is 9.70. The van der Waals surface area contributed by atoms with E-state index in [1.807, 2.05) is 12.3 Å². The first-order chi connectivity index (χ1) is 16.0. The van der Waals surface area contributed by atoms with Crippen LogP contribution in [-0.4, -0.2) is 51.6 Å². The third-order valence-electron chi connectivity index (χ3n) is 7.39. The number of ketones is 2. The number of halogens is 1. The molecule has 6 rings (SSSR count). The van der Waals surface area contributed by atoms with Crippen LogP contribution in [-0.2, 0) is 17.8 Å². The van der Waals surface area contributed by atoms with Crippen LogP contribution in [0.1, 0.15) is 59.9 Å². The SMILES string of the molecule is CCC(=O)c1ncc(N2CCN(Cc3cnc4c(c3)CC(=O)C(C3CC3)=C4)[C@H]3C[C@H]32)cc1F. The molecule has 0 amide bonds. The Balaban J connectivity index is 1.13. The number of anilines is 1. The summed E-state index contributed by atoms with van der Waals surface area (Å²) < 4.78 is 14.4. The molecule has 4 aliphatic rings. The summed E-state index contributed by atoms with van der Waals surface area (Å²) in [4.78, 5) is 37.8. The topological polar surface area (TPSA) is 66.4 Å². The van der Waals surface area contributed by atoms with E-state index < -0.39 is 5.82 Å². The van der Waals surface area contributed by atoms with Crippen molar-refractivity contribution in [2.45, 2.75) is 57.7 Å². The number of fused-ring (bicyclic) bond motifs is 2. The van der Waals surface area contributed by atoms with E-state index in [4.69, 9.17) is 0 Å². The predicted molar refractivity (Wildman–Crippen MR) is 122 cm³/mol. The van der Waals surface area contributed by atoms with Crippen LogP contribution in [0, 0.1) is 11.7 Å². The number of carbonyl (C=O) groups is 2. The van der Waals surface area contributed by atoms with Gasteiger partial charge in [-0.3, -0.25) is 19.5 Å². The molecule has 3 aliphatic carbocycles. The molecule has 0 N–H and O–H groups in total. The number of hydrogen-bond donors (Lipinski definition) is 0. The number of allylic oxidation sites excluding steroid dienone is 1.